The topological polar surface area (TPSA) is 15.3 Å². The van der Waals surface area contributed by atoms with Crippen LogP contribution >= 0.6 is 0 Å². The molecule has 0 amide bonds. The van der Waals surface area contributed by atoms with Crippen molar-refractivity contribution in [2.75, 3.05) is 19.6 Å². The molecule has 0 aromatic heterocycles. The van der Waals surface area contributed by atoms with Crippen LogP contribution in [0.15, 0.2) is 0 Å². The smallest absolute Gasteiger partial charge is 0.0254 e. The third-order valence-corrected chi connectivity index (χ3v) is 5.61. The lowest BCUT2D eigenvalue weighted by Crippen LogP contribution is -2.56. The number of nitrogens with one attached hydrogen (secondary N) is 1. The minimum Gasteiger partial charge on any atom is -0.312 e. The largest absolute Gasteiger partial charge is 0.312 e. The second-order valence-electron chi connectivity index (χ2n) is 7.92. The molecule has 0 aromatic rings. The Morgan fingerprint density at radius 2 is 1.90 bits per heavy atom. The van der Waals surface area contributed by atoms with E-state index in [1.54, 1.807) is 0 Å². The number of likely N-dealkylation sites (N-methyl/N-ethyl adjacent to an activating group) is 1. The lowest BCUT2D eigenvalue weighted by atomic mass is 9.72. The van der Waals surface area contributed by atoms with Crippen LogP contribution in [0, 0.1) is 11.3 Å². The summed E-state index contributed by atoms with van der Waals surface area (Å²) in [6.45, 7) is 13.3. The zero-order valence-electron chi connectivity index (χ0n) is 14.3. The molecule has 2 nitrogen and oxygen atoms in total. The standard InChI is InChI=1S/C18H36N2/c1-5-12-19-16-10-11-18(3,4)13-17(16)20(6-2)14-15-8-7-9-15/h15-17,19H,5-14H2,1-4H3. The Balaban J connectivity index is 1.98. The van der Waals surface area contributed by atoms with Crippen LogP contribution in [0.25, 0.3) is 0 Å². The van der Waals surface area contributed by atoms with Gasteiger partial charge in [0, 0.05) is 18.6 Å². The van der Waals surface area contributed by atoms with Crippen molar-refractivity contribution in [2.24, 2.45) is 11.3 Å². The van der Waals surface area contributed by atoms with Crippen LogP contribution in [-0.4, -0.2) is 36.6 Å². The van der Waals surface area contributed by atoms with Crippen molar-refractivity contribution in [3.8, 4) is 0 Å². The highest BCUT2D eigenvalue weighted by Crippen LogP contribution is 2.38. The molecule has 0 aromatic carbocycles. The van der Waals surface area contributed by atoms with Crippen molar-refractivity contribution in [3.05, 3.63) is 0 Å². The fraction of sp³-hybridized carbons (Fsp3) is 1.00. The van der Waals surface area contributed by atoms with Crippen LogP contribution in [0.2, 0.25) is 0 Å². The molecule has 2 heteroatoms. The molecule has 0 spiro atoms. The molecule has 0 radical (unpaired) electrons. The SMILES string of the molecule is CCCNC1CCC(C)(C)CC1N(CC)CC1CCC1. The molecule has 2 rings (SSSR count). The number of hydrogen-bond acceptors (Lipinski definition) is 2. The number of nitrogens with zero attached hydrogens (tertiary/aromatic N) is 1. The molecule has 2 fully saturated rings. The van der Waals surface area contributed by atoms with Gasteiger partial charge in [0.05, 0.1) is 0 Å². The van der Waals surface area contributed by atoms with E-state index in [2.05, 4.69) is 37.9 Å². The molecule has 0 saturated heterocycles. The fourth-order valence-electron chi connectivity index (χ4n) is 4.01. The molecular formula is C18H36N2. The summed E-state index contributed by atoms with van der Waals surface area (Å²) >= 11 is 0. The average Bonchev–Trinajstić information content (AvgIpc) is 2.36. The maximum atomic E-state index is 3.84. The maximum absolute atomic E-state index is 3.84. The molecule has 0 heterocycles. The van der Waals surface area contributed by atoms with Crippen molar-refractivity contribution in [3.63, 3.8) is 0 Å². The summed E-state index contributed by atoms with van der Waals surface area (Å²) < 4.78 is 0. The Morgan fingerprint density at radius 3 is 2.45 bits per heavy atom. The van der Waals surface area contributed by atoms with E-state index in [1.165, 1.54) is 64.6 Å². The normalized spacial score (nSPS) is 30.4. The van der Waals surface area contributed by atoms with E-state index in [0.717, 1.165) is 18.0 Å². The zero-order valence-corrected chi connectivity index (χ0v) is 14.3. The molecule has 118 valence electrons. The van der Waals surface area contributed by atoms with Gasteiger partial charge in [0.15, 0.2) is 0 Å². The highest BCUT2D eigenvalue weighted by molar-refractivity contribution is 4.95. The molecule has 0 aliphatic heterocycles. The van der Waals surface area contributed by atoms with E-state index in [1.807, 2.05) is 0 Å². The van der Waals surface area contributed by atoms with Gasteiger partial charge in [-0.05, 0) is 62.9 Å². The zero-order chi connectivity index (χ0) is 14.6. The highest BCUT2D eigenvalue weighted by Gasteiger charge is 2.38. The second-order valence-corrected chi connectivity index (χ2v) is 7.92. The first-order chi connectivity index (χ1) is 9.55. The molecule has 0 bridgehead atoms. The van der Waals surface area contributed by atoms with Crippen molar-refractivity contribution in [2.45, 2.75) is 84.7 Å². The lowest BCUT2D eigenvalue weighted by molar-refractivity contribution is 0.0474. The summed E-state index contributed by atoms with van der Waals surface area (Å²) in [7, 11) is 0. The van der Waals surface area contributed by atoms with Gasteiger partial charge in [-0.25, -0.2) is 0 Å². The summed E-state index contributed by atoms with van der Waals surface area (Å²) in [5, 5.41) is 3.84. The van der Waals surface area contributed by atoms with E-state index in [4.69, 9.17) is 0 Å². The van der Waals surface area contributed by atoms with E-state index in [9.17, 15) is 0 Å². The van der Waals surface area contributed by atoms with Gasteiger partial charge in [-0.15, -0.1) is 0 Å². The first-order valence-electron chi connectivity index (χ1n) is 9.03. The molecule has 2 aliphatic rings. The van der Waals surface area contributed by atoms with Crippen LogP contribution in [-0.2, 0) is 0 Å². The quantitative estimate of drug-likeness (QED) is 0.756. The van der Waals surface area contributed by atoms with Crippen molar-refractivity contribution in [1.29, 1.82) is 0 Å². The summed E-state index contributed by atoms with van der Waals surface area (Å²) in [5.74, 6) is 0.992. The van der Waals surface area contributed by atoms with Crippen LogP contribution in [0.4, 0.5) is 0 Å². The van der Waals surface area contributed by atoms with Gasteiger partial charge in [0.1, 0.15) is 0 Å². The van der Waals surface area contributed by atoms with Gasteiger partial charge in [-0.3, -0.25) is 4.90 Å². The van der Waals surface area contributed by atoms with Crippen LogP contribution in [0.1, 0.15) is 72.6 Å². The summed E-state index contributed by atoms with van der Waals surface area (Å²) in [5.41, 5.74) is 0.530. The van der Waals surface area contributed by atoms with Crippen LogP contribution in [0.3, 0.4) is 0 Å². The van der Waals surface area contributed by atoms with Gasteiger partial charge in [0.25, 0.3) is 0 Å². The van der Waals surface area contributed by atoms with E-state index in [0.29, 0.717) is 5.41 Å². The Bertz CT molecular complexity index is 283. The predicted molar refractivity (Wildman–Crippen MR) is 88.1 cm³/mol. The maximum Gasteiger partial charge on any atom is 0.0254 e. The Kier molecular flexibility index (Phi) is 5.92. The summed E-state index contributed by atoms with van der Waals surface area (Å²) in [6.07, 6.45) is 9.77. The second kappa shape index (κ2) is 7.26. The molecule has 2 unspecified atom stereocenters. The van der Waals surface area contributed by atoms with Crippen molar-refractivity contribution in [1.82, 2.24) is 10.2 Å². The van der Waals surface area contributed by atoms with Gasteiger partial charge in [0.2, 0.25) is 0 Å². The molecule has 2 aliphatic carbocycles. The van der Waals surface area contributed by atoms with Crippen molar-refractivity contribution < 1.29 is 0 Å². The van der Waals surface area contributed by atoms with Crippen molar-refractivity contribution >= 4 is 0 Å². The van der Waals surface area contributed by atoms with Crippen LogP contribution in [0.5, 0.6) is 0 Å². The molecular weight excluding hydrogens is 244 g/mol. The Hall–Kier alpha value is -0.0800. The Morgan fingerprint density at radius 1 is 1.15 bits per heavy atom. The molecule has 1 N–H and O–H groups in total. The highest BCUT2D eigenvalue weighted by atomic mass is 15.2. The molecule has 20 heavy (non-hydrogen) atoms. The van der Waals surface area contributed by atoms with Gasteiger partial charge in [-0.2, -0.15) is 0 Å². The Labute approximate surface area is 126 Å². The number of rotatable bonds is 7. The molecule has 2 saturated carbocycles. The van der Waals surface area contributed by atoms with Gasteiger partial charge < -0.3 is 5.32 Å². The summed E-state index contributed by atoms with van der Waals surface area (Å²) in [6, 6.07) is 1.49. The minimum atomic E-state index is 0.530. The number of hydrogen-bond donors (Lipinski definition) is 1. The average molecular weight is 280 g/mol. The minimum absolute atomic E-state index is 0.530. The molecule has 2 atom stereocenters. The monoisotopic (exact) mass is 280 g/mol. The van der Waals surface area contributed by atoms with Crippen LogP contribution < -0.4 is 5.32 Å². The van der Waals surface area contributed by atoms with E-state index in [-0.39, 0.29) is 0 Å². The van der Waals surface area contributed by atoms with E-state index >= 15 is 0 Å². The fourth-order valence-corrected chi connectivity index (χ4v) is 4.01. The van der Waals surface area contributed by atoms with E-state index < -0.39 is 0 Å². The lowest BCUT2D eigenvalue weighted by Gasteiger charge is -2.47. The van der Waals surface area contributed by atoms with Gasteiger partial charge >= 0.3 is 0 Å². The predicted octanol–water partition coefficient (Wildman–Crippen LogP) is 4.06. The first kappa shape index (κ1) is 16.3. The summed E-state index contributed by atoms with van der Waals surface area (Å²) in [4.78, 5) is 2.80. The third-order valence-electron chi connectivity index (χ3n) is 5.61. The third kappa shape index (κ3) is 4.21. The first-order valence-corrected chi connectivity index (χ1v) is 9.03. The van der Waals surface area contributed by atoms with Gasteiger partial charge in [-0.1, -0.05) is 34.1 Å².